The van der Waals surface area contributed by atoms with Crippen molar-refractivity contribution in [3.63, 3.8) is 0 Å². The van der Waals surface area contributed by atoms with Gasteiger partial charge in [0.15, 0.2) is 5.16 Å². The Bertz CT molecular complexity index is 597. The van der Waals surface area contributed by atoms with Crippen LogP contribution in [0.2, 0.25) is 5.15 Å². The number of hydrogen-bond donors (Lipinski definition) is 1. The molecule has 1 aromatic carbocycles. The third-order valence-corrected chi connectivity index (χ3v) is 3.56. The van der Waals surface area contributed by atoms with E-state index in [1.165, 1.54) is 17.8 Å². The Kier molecular flexibility index (Phi) is 5.01. The number of nitrogens with one attached hydrogen (secondary N) is 1. The Morgan fingerprint density at radius 1 is 1.37 bits per heavy atom. The van der Waals surface area contributed by atoms with E-state index in [9.17, 15) is 4.39 Å². The predicted octanol–water partition coefficient (Wildman–Crippen LogP) is 4.37. The Morgan fingerprint density at radius 2 is 2.16 bits per heavy atom. The SMILES string of the molecule is CSc1nc(Cl)cc(NCc2cc(Br)ccc2F)n1. The van der Waals surface area contributed by atoms with Crippen LogP contribution in [-0.4, -0.2) is 16.2 Å². The van der Waals surface area contributed by atoms with Crippen LogP contribution in [0.5, 0.6) is 0 Å². The van der Waals surface area contributed by atoms with Gasteiger partial charge in [-0.2, -0.15) is 0 Å². The van der Waals surface area contributed by atoms with Crippen molar-refractivity contribution in [1.82, 2.24) is 9.97 Å². The highest BCUT2D eigenvalue weighted by molar-refractivity contribution is 9.10. The quantitative estimate of drug-likeness (QED) is 0.498. The average molecular weight is 363 g/mol. The Morgan fingerprint density at radius 3 is 2.89 bits per heavy atom. The highest BCUT2D eigenvalue weighted by Gasteiger charge is 2.05. The first-order chi connectivity index (χ1) is 9.08. The van der Waals surface area contributed by atoms with Crippen LogP contribution in [-0.2, 0) is 6.54 Å². The van der Waals surface area contributed by atoms with E-state index in [1.54, 1.807) is 18.2 Å². The number of halogens is 3. The van der Waals surface area contributed by atoms with Crippen LogP contribution in [0.3, 0.4) is 0 Å². The third-order valence-electron chi connectivity index (χ3n) is 2.32. The molecule has 2 rings (SSSR count). The molecule has 0 amide bonds. The van der Waals surface area contributed by atoms with Crippen molar-refractivity contribution in [1.29, 1.82) is 0 Å². The van der Waals surface area contributed by atoms with Gasteiger partial charge in [0.25, 0.3) is 0 Å². The Balaban J connectivity index is 2.14. The van der Waals surface area contributed by atoms with Gasteiger partial charge in [-0.05, 0) is 24.5 Å². The maximum Gasteiger partial charge on any atom is 0.190 e. The molecule has 19 heavy (non-hydrogen) atoms. The fraction of sp³-hybridized carbons (Fsp3) is 0.167. The van der Waals surface area contributed by atoms with Crippen LogP contribution in [0, 0.1) is 5.82 Å². The van der Waals surface area contributed by atoms with E-state index in [0.717, 1.165) is 4.47 Å². The van der Waals surface area contributed by atoms with Crippen molar-refractivity contribution < 1.29 is 4.39 Å². The Labute approximate surface area is 128 Å². The number of thioether (sulfide) groups is 1. The summed E-state index contributed by atoms with van der Waals surface area (Å²) in [6.45, 7) is 0.326. The lowest BCUT2D eigenvalue weighted by molar-refractivity contribution is 0.612. The molecule has 7 heteroatoms. The van der Waals surface area contributed by atoms with Crippen LogP contribution in [0.4, 0.5) is 10.2 Å². The molecule has 2 aromatic rings. The fourth-order valence-corrected chi connectivity index (χ4v) is 2.46. The maximum atomic E-state index is 13.6. The standard InChI is InChI=1S/C12H10BrClFN3S/c1-19-12-17-10(14)5-11(18-12)16-6-7-4-8(13)2-3-9(7)15/h2-5H,6H2,1H3,(H,16,17,18). The molecule has 1 aromatic heterocycles. The summed E-state index contributed by atoms with van der Waals surface area (Å²) < 4.78 is 14.4. The van der Waals surface area contributed by atoms with Crippen LogP contribution < -0.4 is 5.32 Å². The number of rotatable bonds is 4. The first-order valence-electron chi connectivity index (χ1n) is 5.35. The fourth-order valence-electron chi connectivity index (χ4n) is 1.44. The lowest BCUT2D eigenvalue weighted by atomic mass is 10.2. The van der Waals surface area contributed by atoms with Gasteiger partial charge in [-0.25, -0.2) is 14.4 Å². The molecule has 0 saturated carbocycles. The molecule has 0 radical (unpaired) electrons. The van der Waals surface area contributed by atoms with Gasteiger partial charge in [0.05, 0.1) is 0 Å². The predicted molar refractivity (Wildman–Crippen MR) is 80.2 cm³/mol. The molecule has 1 N–H and O–H groups in total. The van der Waals surface area contributed by atoms with Gasteiger partial charge < -0.3 is 5.32 Å². The molecule has 0 atom stereocenters. The highest BCUT2D eigenvalue weighted by atomic mass is 79.9. The van der Waals surface area contributed by atoms with Crippen molar-refractivity contribution in [3.8, 4) is 0 Å². The summed E-state index contributed by atoms with van der Waals surface area (Å²) in [6.07, 6.45) is 1.86. The van der Waals surface area contributed by atoms with E-state index in [0.29, 0.717) is 28.2 Å². The monoisotopic (exact) mass is 361 g/mol. The molecular weight excluding hydrogens is 353 g/mol. The summed E-state index contributed by atoms with van der Waals surface area (Å²) in [4.78, 5) is 8.28. The number of nitrogens with zero attached hydrogens (tertiary/aromatic N) is 2. The molecule has 0 saturated heterocycles. The van der Waals surface area contributed by atoms with Crippen molar-refractivity contribution in [2.24, 2.45) is 0 Å². The minimum absolute atomic E-state index is 0.263. The molecule has 0 bridgehead atoms. The second-order valence-corrected chi connectivity index (χ2v) is 5.73. The van der Waals surface area contributed by atoms with Gasteiger partial charge >= 0.3 is 0 Å². The lowest BCUT2D eigenvalue weighted by Gasteiger charge is -2.08. The van der Waals surface area contributed by atoms with Gasteiger partial charge in [0.1, 0.15) is 16.8 Å². The smallest absolute Gasteiger partial charge is 0.190 e. The Hall–Kier alpha value is -0.850. The highest BCUT2D eigenvalue weighted by Crippen LogP contribution is 2.19. The van der Waals surface area contributed by atoms with Gasteiger partial charge in [-0.3, -0.25) is 0 Å². The maximum absolute atomic E-state index is 13.6. The summed E-state index contributed by atoms with van der Waals surface area (Å²) >= 11 is 10.6. The van der Waals surface area contributed by atoms with Crippen molar-refractivity contribution in [2.45, 2.75) is 11.7 Å². The third kappa shape index (κ3) is 4.06. The van der Waals surface area contributed by atoms with Crippen LogP contribution in [0.1, 0.15) is 5.56 Å². The number of aromatic nitrogens is 2. The molecule has 0 aliphatic heterocycles. The minimum Gasteiger partial charge on any atom is -0.366 e. The van der Waals surface area contributed by atoms with Crippen molar-refractivity contribution in [3.05, 3.63) is 45.3 Å². The topological polar surface area (TPSA) is 37.8 Å². The van der Waals surface area contributed by atoms with E-state index >= 15 is 0 Å². The lowest BCUT2D eigenvalue weighted by Crippen LogP contribution is -2.04. The molecule has 0 spiro atoms. The molecule has 0 aliphatic rings. The molecular formula is C12H10BrClFN3S. The van der Waals surface area contributed by atoms with E-state index < -0.39 is 0 Å². The number of anilines is 1. The summed E-state index contributed by atoms with van der Waals surface area (Å²) in [5.74, 6) is 0.310. The largest absolute Gasteiger partial charge is 0.366 e. The van der Waals surface area contributed by atoms with Crippen LogP contribution in [0.25, 0.3) is 0 Å². The van der Waals surface area contributed by atoms with E-state index in [2.05, 4.69) is 31.2 Å². The summed E-state index contributed by atoms with van der Waals surface area (Å²) in [6, 6.07) is 6.41. The van der Waals surface area contributed by atoms with Crippen LogP contribution >= 0.6 is 39.3 Å². The van der Waals surface area contributed by atoms with E-state index in [-0.39, 0.29) is 5.82 Å². The zero-order chi connectivity index (χ0) is 13.8. The second-order valence-electron chi connectivity index (χ2n) is 3.65. The second kappa shape index (κ2) is 6.54. The van der Waals surface area contributed by atoms with Gasteiger partial charge in [0, 0.05) is 22.6 Å². The van der Waals surface area contributed by atoms with Gasteiger partial charge in [0.2, 0.25) is 0 Å². The zero-order valence-corrected chi connectivity index (χ0v) is 13.1. The van der Waals surface area contributed by atoms with Crippen LogP contribution in [0.15, 0.2) is 33.9 Å². The number of hydrogen-bond acceptors (Lipinski definition) is 4. The molecule has 3 nitrogen and oxygen atoms in total. The minimum atomic E-state index is -0.263. The summed E-state index contributed by atoms with van der Waals surface area (Å²) in [7, 11) is 0. The van der Waals surface area contributed by atoms with E-state index in [1.807, 2.05) is 6.26 Å². The number of benzene rings is 1. The normalized spacial score (nSPS) is 10.5. The molecule has 0 unspecified atom stereocenters. The van der Waals surface area contributed by atoms with Crippen molar-refractivity contribution in [2.75, 3.05) is 11.6 Å². The first kappa shape index (κ1) is 14.6. The summed E-state index contributed by atoms with van der Waals surface area (Å²) in [5.41, 5.74) is 0.551. The zero-order valence-electron chi connectivity index (χ0n) is 9.95. The van der Waals surface area contributed by atoms with Gasteiger partial charge in [-0.15, -0.1) is 0 Å². The average Bonchev–Trinajstić information content (AvgIpc) is 2.39. The first-order valence-corrected chi connectivity index (χ1v) is 7.74. The molecule has 0 fully saturated rings. The van der Waals surface area contributed by atoms with Gasteiger partial charge in [-0.1, -0.05) is 39.3 Å². The molecule has 1 heterocycles. The molecule has 100 valence electrons. The van der Waals surface area contributed by atoms with Crippen molar-refractivity contribution >= 4 is 45.1 Å². The van der Waals surface area contributed by atoms with E-state index in [4.69, 9.17) is 11.6 Å². The molecule has 0 aliphatic carbocycles. The summed E-state index contributed by atoms with van der Waals surface area (Å²) in [5, 5.41) is 3.97.